The van der Waals surface area contributed by atoms with Gasteiger partial charge in [0.2, 0.25) is 0 Å². The molecule has 0 bridgehead atoms. The van der Waals surface area contributed by atoms with Gasteiger partial charge in [0.15, 0.2) is 0 Å². The molecule has 0 saturated heterocycles. The summed E-state index contributed by atoms with van der Waals surface area (Å²) in [5, 5.41) is 4.61. The van der Waals surface area contributed by atoms with Crippen molar-refractivity contribution in [1.82, 2.24) is 0 Å². The number of hydrogen-bond donors (Lipinski definition) is 0. The van der Waals surface area contributed by atoms with Crippen molar-refractivity contribution < 1.29 is 24.6 Å². The van der Waals surface area contributed by atoms with E-state index in [0.717, 1.165) is 21.2 Å². The molecule has 0 radical (unpaired) electrons. The summed E-state index contributed by atoms with van der Waals surface area (Å²) in [5.74, 6) is 1.35. The Labute approximate surface area is 237 Å². The minimum atomic E-state index is -1.03. The fourth-order valence-corrected chi connectivity index (χ4v) is 6.89. The fraction of sp³-hybridized carbons (Fsp3) is 0. The Balaban J connectivity index is 0.00000148. The van der Waals surface area contributed by atoms with Gasteiger partial charge < -0.3 is 9.05 Å². The normalized spacial score (nSPS) is 10.5. The van der Waals surface area contributed by atoms with E-state index in [0.29, 0.717) is 11.5 Å². The Kier molecular flexibility index (Phi) is 11.0. The summed E-state index contributed by atoms with van der Waals surface area (Å²) in [6.07, 6.45) is 0. The van der Waals surface area contributed by atoms with Crippen LogP contribution in [0.15, 0.2) is 140 Å². The van der Waals surface area contributed by atoms with Crippen LogP contribution in [0, 0.1) is 6.07 Å². The summed E-state index contributed by atoms with van der Waals surface area (Å²) in [6.45, 7) is 0. The molecule has 2 nitrogen and oxygen atoms in total. The van der Waals surface area contributed by atoms with E-state index >= 15 is 0 Å². The number of rotatable bonds is 8. The van der Waals surface area contributed by atoms with Crippen LogP contribution in [0.3, 0.4) is 0 Å². The summed E-state index contributed by atoms with van der Waals surface area (Å²) in [5.41, 5.74) is 0. The molecule has 0 atom stereocenters. The van der Waals surface area contributed by atoms with Crippen LogP contribution in [0.2, 0.25) is 0 Å². The third-order valence-corrected chi connectivity index (χ3v) is 8.91. The van der Waals surface area contributed by atoms with Gasteiger partial charge in [-0.1, -0.05) is 127 Å². The molecule has 5 aromatic carbocycles. The van der Waals surface area contributed by atoms with Crippen molar-refractivity contribution in [2.45, 2.75) is 0 Å². The second-order valence-electron chi connectivity index (χ2n) is 7.49. The van der Waals surface area contributed by atoms with Crippen LogP contribution in [0.25, 0.3) is 0 Å². The molecule has 0 N–H and O–H groups in total. The van der Waals surface area contributed by atoms with Gasteiger partial charge in [0.05, 0.1) is 0 Å². The van der Waals surface area contributed by atoms with Gasteiger partial charge in [-0.3, -0.25) is 0 Å². The number of halogens is 1. The van der Waals surface area contributed by atoms with Crippen LogP contribution in [-0.2, 0) is 15.6 Å². The summed E-state index contributed by atoms with van der Waals surface area (Å²) in [7, 11) is -2.06. The maximum Gasteiger partial charge on any atom is 0.147 e. The molecule has 0 amide bonds. The van der Waals surface area contributed by atoms with Gasteiger partial charge in [0.25, 0.3) is 0 Å². The molecule has 0 unspecified atom stereocenters. The quantitative estimate of drug-likeness (QED) is 0.0733. The minimum Gasteiger partial charge on any atom is -0.490 e. The van der Waals surface area contributed by atoms with Crippen LogP contribution < -0.4 is 30.3 Å². The first-order valence-electron chi connectivity index (χ1n) is 11.2. The van der Waals surface area contributed by atoms with Crippen LogP contribution >= 0.6 is 35.8 Å². The summed E-state index contributed by atoms with van der Waals surface area (Å²) in [6, 6.07) is 50.6. The Bertz CT molecular complexity index is 1130. The smallest absolute Gasteiger partial charge is 0.147 e. The van der Waals surface area contributed by atoms with Gasteiger partial charge in [0.1, 0.15) is 16.3 Å². The predicted molar refractivity (Wildman–Crippen MR) is 159 cm³/mol. The second-order valence-corrected chi connectivity index (χ2v) is 11.1. The van der Waals surface area contributed by atoms with Crippen molar-refractivity contribution in [3.63, 3.8) is 0 Å². The van der Waals surface area contributed by atoms with Gasteiger partial charge in [-0.2, -0.15) is 6.07 Å². The summed E-state index contributed by atoms with van der Waals surface area (Å²) < 4.78 is 13.1. The first-order valence-corrected chi connectivity index (χ1v) is 18.3. The van der Waals surface area contributed by atoms with Crippen LogP contribution in [-0.4, -0.2) is 0 Å². The minimum absolute atomic E-state index is 0.674. The molecule has 0 aliphatic rings. The average Bonchev–Trinajstić information content (AvgIpc) is 2.98. The van der Waals surface area contributed by atoms with Crippen molar-refractivity contribution in [3.05, 3.63) is 146 Å². The molecule has 0 aromatic heterocycles. The van der Waals surface area contributed by atoms with Crippen LogP contribution in [0.1, 0.15) is 0 Å². The van der Waals surface area contributed by atoms with Gasteiger partial charge in [-0.25, -0.2) is 0 Å². The van der Waals surface area contributed by atoms with E-state index in [4.69, 9.17) is 9.05 Å². The first kappa shape index (κ1) is 27.0. The van der Waals surface area contributed by atoms with Gasteiger partial charge in [0, 0.05) is 32.7 Å². The van der Waals surface area contributed by atoms with Crippen molar-refractivity contribution >= 4 is 57.0 Å². The summed E-state index contributed by atoms with van der Waals surface area (Å²) in [4.78, 5) is 0. The van der Waals surface area contributed by atoms with Gasteiger partial charge in [-0.15, -0.1) is 12.1 Å². The van der Waals surface area contributed by atoms with Crippen molar-refractivity contribution in [3.8, 4) is 11.5 Å². The molecule has 0 aliphatic heterocycles. The molecule has 0 aliphatic carbocycles. The Morgan fingerprint density at radius 3 is 0.972 bits per heavy atom. The molecule has 36 heavy (non-hydrogen) atoms. The SMILES string of the molecule is [Pd+][I].[c-]1c(OP(c2ccccc2)c2ccccc2)cccc1OP(c1ccccc1)c1ccccc1. The zero-order chi connectivity index (χ0) is 25.0. The van der Waals surface area contributed by atoms with Crippen LogP contribution in [0.4, 0.5) is 0 Å². The van der Waals surface area contributed by atoms with Crippen LogP contribution in [0.5, 0.6) is 11.5 Å². The molecule has 5 rings (SSSR count). The average molecular weight is 711 g/mol. The van der Waals surface area contributed by atoms with E-state index < -0.39 is 16.3 Å². The third kappa shape index (κ3) is 7.48. The Hall–Kier alpha value is -2.05. The van der Waals surface area contributed by atoms with E-state index in [1.807, 2.05) is 111 Å². The molecular formula is C30H23IO2P2Pd. The van der Waals surface area contributed by atoms with Gasteiger partial charge >= 0.3 is 35.1 Å². The molecule has 0 spiro atoms. The molecule has 5 aromatic rings. The Morgan fingerprint density at radius 2 is 0.694 bits per heavy atom. The standard InChI is InChI=1S/C30H23O2P2.HI.Pd/c1-5-16-27(17-6-1)33(28-18-7-2-8-19-28)31-25-14-13-15-26(24-25)32-34(29-20-9-3-10-21-29)30-22-11-4-12-23-30;;/h1-23H;1H;/q-1;;+2/p-1. The monoisotopic (exact) mass is 710 g/mol. The Morgan fingerprint density at radius 1 is 0.417 bits per heavy atom. The fourth-order valence-electron chi connectivity index (χ4n) is 3.49. The second kappa shape index (κ2) is 14.6. The van der Waals surface area contributed by atoms with Gasteiger partial charge in [-0.05, 0) is 0 Å². The molecule has 6 heteroatoms. The van der Waals surface area contributed by atoms with E-state index in [1.54, 1.807) is 0 Å². The summed E-state index contributed by atoms with van der Waals surface area (Å²) >= 11 is 4.72. The number of hydrogen-bond acceptors (Lipinski definition) is 2. The topological polar surface area (TPSA) is 18.5 Å². The largest absolute Gasteiger partial charge is 0.490 e. The first-order chi connectivity index (χ1) is 17.9. The molecular weight excluding hydrogens is 688 g/mol. The third-order valence-electron chi connectivity index (χ3n) is 5.08. The number of benzene rings is 5. The maximum atomic E-state index is 6.56. The maximum absolute atomic E-state index is 6.56. The molecule has 182 valence electrons. The molecule has 0 fully saturated rings. The van der Waals surface area contributed by atoms with E-state index in [2.05, 4.69) is 70.2 Å². The predicted octanol–water partition coefficient (Wildman–Crippen LogP) is 7.22. The van der Waals surface area contributed by atoms with Crippen molar-refractivity contribution in [2.24, 2.45) is 0 Å². The van der Waals surface area contributed by atoms with Crippen molar-refractivity contribution in [2.75, 3.05) is 0 Å². The van der Waals surface area contributed by atoms with E-state index in [9.17, 15) is 0 Å². The zero-order valence-corrected chi connectivity index (χ0v) is 24.7. The molecule has 0 heterocycles. The van der Waals surface area contributed by atoms with E-state index in [-0.39, 0.29) is 0 Å². The molecule has 0 saturated carbocycles. The zero-order valence-electron chi connectivity index (χ0n) is 19.2. The van der Waals surface area contributed by atoms with Crippen molar-refractivity contribution in [1.29, 1.82) is 0 Å². The van der Waals surface area contributed by atoms with E-state index in [1.165, 1.54) is 0 Å².